The van der Waals surface area contributed by atoms with Crippen LogP contribution in [0.3, 0.4) is 0 Å². The lowest BCUT2D eigenvalue weighted by Crippen LogP contribution is -2.38. The molecular formula is C17H28N6O2. The van der Waals surface area contributed by atoms with Gasteiger partial charge >= 0.3 is 6.03 Å². The van der Waals surface area contributed by atoms with Gasteiger partial charge in [-0.1, -0.05) is 0 Å². The number of likely N-dealkylation sites (tertiary alicyclic amines) is 1. The van der Waals surface area contributed by atoms with Crippen LogP contribution >= 0.6 is 0 Å². The Bertz CT molecular complexity index is 632. The highest BCUT2D eigenvalue weighted by molar-refractivity contribution is 5.95. The van der Waals surface area contributed by atoms with Crippen molar-refractivity contribution in [2.45, 2.75) is 39.2 Å². The van der Waals surface area contributed by atoms with Crippen molar-refractivity contribution >= 4 is 17.9 Å². The van der Waals surface area contributed by atoms with E-state index in [1.165, 1.54) is 0 Å². The molecule has 1 unspecified atom stereocenters. The van der Waals surface area contributed by atoms with E-state index in [-0.39, 0.29) is 23.9 Å². The largest absolute Gasteiger partial charge is 0.350 e. The summed E-state index contributed by atoms with van der Waals surface area (Å²) in [6, 6.07) is -0.0376. The third-order valence-corrected chi connectivity index (χ3v) is 4.06. The Kier molecular flexibility index (Phi) is 6.17. The summed E-state index contributed by atoms with van der Waals surface area (Å²) in [5.74, 6) is 0.413. The van der Waals surface area contributed by atoms with E-state index < -0.39 is 0 Å². The average Bonchev–Trinajstić information content (AvgIpc) is 3.03. The number of hydrogen-bond acceptors (Lipinski definition) is 5. The van der Waals surface area contributed by atoms with Crippen LogP contribution in [-0.4, -0.2) is 66.6 Å². The average molecular weight is 348 g/mol. The molecule has 25 heavy (non-hydrogen) atoms. The molecule has 1 aromatic rings. The van der Waals surface area contributed by atoms with Gasteiger partial charge in [0.15, 0.2) is 0 Å². The summed E-state index contributed by atoms with van der Waals surface area (Å²) in [4.78, 5) is 37.1. The minimum absolute atomic E-state index is 0.0252. The maximum absolute atomic E-state index is 12.5. The van der Waals surface area contributed by atoms with Crippen LogP contribution in [0.1, 0.15) is 49.2 Å². The molecular weight excluding hydrogens is 320 g/mol. The second-order valence-electron chi connectivity index (χ2n) is 6.76. The van der Waals surface area contributed by atoms with Crippen molar-refractivity contribution in [2.75, 3.05) is 38.6 Å². The van der Waals surface area contributed by atoms with Gasteiger partial charge in [0, 0.05) is 51.9 Å². The molecule has 1 aromatic heterocycles. The van der Waals surface area contributed by atoms with Crippen molar-refractivity contribution in [3.8, 4) is 0 Å². The van der Waals surface area contributed by atoms with Gasteiger partial charge in [0.1, 0.15) is 0 Å². The molecule has 0 aromatic carbocycles. The standard InChI is InChI=1S/C17H28N6O2/c1-6-18-17(25)23-8-7-12(10-23)14-13(15(24)20-11(2)3)9-19-16(21-14)22(4)5/h9,11-12H,6-8,10H2,1-5H3,(H,18,25)(H,20,24). The molecule has 0 bridgehead atoms. The molecule has 2 rings (SSSR count). The van der Waals surface area contributed by atoms with Gasteiger partial charge in [-0.2, -0.15) is 0 Å². The molecule has 1 atom stereocenters. The van der Waals surface area contributed by atoms with Crippen LogP contribution in [-0.2, 0) is 0 Å². The van der Waals surface area contributed by atoms with Crippen LogP contribution in [0.2, 0.25) is 0 Å². The molecule has 2 N–H and O–H groups in total. The Labute approximate surface area is 149 Å². The number of anilines is 1. The molecule has 0 radical (unpaired) electrons. The fourth-order valence-electron chi connectivity index (χ4n) is 2.86. The normalized spacial score (nSPS) is 16.9. The number of aromatic nitrogens is 2. The van der Waals surface area contributed by atoms with E-state index >= 15 is 0 Å². The van der Waals surface area contributed by atoms with Gasteiger partial charge in [-0.05, 0) is 27.2 Å². The van der Waals surface area contributed by atoms with Crippen LogP contribution in [0.15, 0.2) is 6.20 Å². The fraction of sp³-hybridized carbons (Fsp3) is 0.647. The molecule has 1 fully saturated rings. The molecule has 0 saturated carbocycles. The van der Waals surface area contributed by atoms with Crippen molar-refractivity contribution < 1.29 is 9.59 Å². The van der Waals surface area contributed by atoms with Crippen LogP contribution in [0, 0.1) is 0 Å². The monoisotopic (exact) mass is 348 g/mol. The van der Waals surface area contributed by atoms with E-state index in [0.29, 0.717) is 36.8 Å². The lowest BCUT2D eigenvalue weighted by molar-refractivity contribution is 0.0941. The number of rotatable bonds is 5. The van der Waals surface area contributed by atoms with Crippen molar-refractivity contribution in [1.82, 2.24) is 25.5 Å². The zero-order valence-electron chi connectivity index (χ0n) is 15.7. The summed E-state index contributed by atoms with van der Waals surface area (Å²) >= 11 is 0. The molecule has 1 aliphatic rings. The van der Waals surface area contributed by atoms with Crippen LogP contribution < -0.4 is 15.5 Å². The van der Waals surface area contributed by atoms with Gasteiger partial charge in [0.05, 0.1) is 11.3 Å². The fourth-order valence-corrected chi connectivity index (χ4v) is 2.86. The molecule has 1 aliphatic heterocycles. The first-order valence-electron chi connectivity index (χ1n) is 8.71. The van der Waals surface area contributed by atoms with Crippen molar-refractivity contribution in [2.24, 2.45) is 0 Å². The summed E-state index contributed by atoms with van der Waals surface area (Å²) in [6.07, 6.45) is 2.37. The molecule has 1 saturated heterocycles. The highest BCUT2D eigenvalue weighted by atomic mass is 16.2. The summed E-state index contributed by atoms with van der Waals surface area (Å²) in [7, 11) is 3.73. The van der Waals surface area contributed by atoms with E-state index in [4.69, 9.17) is 0 Å². The molecule has 8 nitrogen and oxygen atoms in total. The maximum Gasteiger partial charge on any atom is 0.317 e. The van der Waals surface area contributed by atoms with Gasteiger partial charge in [0.25, 0.3) is 5.91 Å². The lowest BCUT2D eigenvalue weighted by atomic mass is 9.99. The van der Waals surface area contributed by atoms with Crippen LogP contribution in [0.5, 0.6) is 0 Å². The number of hydrogen-bond donors (Lipinski definition) is 2. The quantitative estimate of drug-likeness (QED) is 0.834. The SMILES string of the molecule is CCNC(=O)N1CCC(c2nc(N(C)C)ncc2C(=O)NC(C)C)C1. The Morgan fingerprint density at radius 1 is 1.40 bits per heavy atom. The second kappa shape index (κ2) is 8.13. The Morgan fingerprint density at radius 3 is 2.72 bits per heavy atom. The van der Waals surface area contributed by atoms with E-state index in [9.17, 15) is 9.59 Å². The number of urea groups is 1. The minimum Gasteiger partial charge on any atom is -0.350 e. The van der Waals surface area contributed by atoms with E-state index in [1.54, 1.807) is 11.1 Å². The number of carbonyl (C=O) groups excluding carboxylic acids is 2. The smallest absolute Gasteiger partial charge is 0.317 e. The minimum atomic E-state index is -0.174. The zero-order valence-corrected chi connectivity index (χ0v) is 15.7. The molecule has 8 heteroatoms. The molecule has 0 spiro atoms. The lowest BCUT2D eigenvalue weighted by Gasteiger charge is -2.19. The van der Waals surface area contributed by atoms with Gasteiger partial charge < -0.3 is 20.4 Å². The van der Waals surface area contributed by atoms with Gasteiger partial charge in [-0.15, -0.1) is 0 Å². The number of amides is 3. The predicted molar refractivity (Wildman–Crippen MR) is 97.0 cm³/mol. The second-order valence-corrected chi connectivity index (χ2v) is 6.76. The summed E-state index contributed by atoms with van der Waals surface area (Å²) in [6.45, 7) is 7.53. The summed E-state index contributed by atoms with van der Waals surface area (Å²) in [5.41, 5.74) is 1.20. The van der Waals surface area contributed by atoms with Crippen LogP contribution in [0.25, 0.3) is 0 Å². The Hall–Kier alpha value is -2.38. The number of carbonyl (C=O) groups is 2. The van der Waals surface area contributed by atoms with Crippen molar-refractivity contribution in [3.05, 3.63) is 17.5 Å². The molecule has 0 aliphatic carbocycles. The van der Waals surface area contributed by atoms with E-state index in [2.05, 4.69) is 20.6 Å². The highest BCUT2D eigenvalue weighted by Crippen LogP contribution is 2.29. The summed E-state index contributed by atoms with van der Waals surface area (Å²) < 4.78 is 0. The van der Waals surface area contributed by atoms with Gasteiger partial charge in [-0.25, -0.2) is 14.8 Å². The maximum atomic E-state index is 12.5. The van der Waals surface area contributed by atoms with Crippen LogP contribution in [0.4, 0.5) is 10.7 Å². The summed E-state index contributed by atoms with van der Waals surface area (Å²) in [5, 5.41) is 5.72. The van der Waals surface area contributed by atoms with Crippen molar-refractivity contribution in [3.63, 3.8) is 0 Å². The number of nitrogens with zero attached hydrogens (tertiary/aromatic N) is 4. The van der Waals surface area contributed by atoms with Crippen molar-refractivity contribution in [1.29, 1.82) is 0 Å². The first kappa shape index (κ1) is 19.0. The first-order chi connectivity index (χ1) is 11.8. The zero-order chi connectivity index (χ0) is 18.6. The van der Waals surface area contributed by atoms with E-state index in [1.807, 2.05) is 39.8 Å². The molecule has 138 valence electrons. The molecule has 3 amide bonds. The third-order valence-electron chi connectivity index (χ3n) is 4.06. The first-order valence-corrected chi connectivity index (χ1v) is 8.71. The van der Waals surface area contributed by atoms with Gasteiger partial charge in [-0.3, -0.25) is 4.79 Å². The molecule has 2 heterocycles. The predicted octanol–water partition coefficient (Wildman–Crippen LogP) is 1.20. The van der Waals surface area contributed by atoms with E-state index in [0.717, 1.165) is 6.42 Å². The Balaban J connectivity index is 2.29. The van der Waals surface area contributed by atoms with Gasteiger partial charge in [0.2, 0.25) is 5.95 Å². The third kappa shape index (κ3) is 4.58. The Morgan fingerprint density at radius 2 is 2.12 bits per heavy atom. The highest BCUT2D eigenvalue weighted by Gasteiger charge is 2.31. The number of nitrogens with one attached hydrogen (secondary N) is 2. The topological polar surface area (TPSA) is 90.5 Å².